The van der Waals surface area contributed by atoms with E-state index in [9.17, 15) is 9.59 Å². The number of amides is 2. The summed E-state index contributed by atoms with van der Waals surface area (Å²) in [5.41, 5.74) is 0. The van der Waals surface area contributed by atoms with Gasteiger partial charge in [0.05, 0.1) is 0 Å². The molecule has 1 unspecified atom stereocenters. The maximum atomic E-state index is 12.4. The Morgan fingerprint density at radius 3 is 2.63 bits per heavy atom. The number of hydrogen-bond donors (Lipinski definition) is 1. The lowest BCUT2D eigenvalue weighted by molar-refractivity contribution is -0.137. The van der Waals surface area contributed by atoms with E-state index in [4.69, 9.17) is 5.11 Å². The van der Waals surface area contributed by atoms with Crippen molar-refractivity contribution in [2.75, 3.05) is 19.6 Å². The molecule has 2 aliphatic rings. The molecule has 1 aliphatic carbocycles. The highest BCUT2D eigenvalue weighted by Gasteiger charge is 2.36. The summed E-state index contributed by atoms with van der Waals surface area (Å²) in [7, 11) is 0. The van der Waals surface area contributed by atoms with E-state index in [1.807, 2.05) is 9.80 Å². The van der Waals surface area contributed by atoms with Gasteiger partial charge in [0.25, 0.3) is 0 Å². The van der Waals surface area contributed by atoms with Crippen molar-refractivity contribution in [3.05, 3.63) is 0 Å². The summed E-state index contributed by atoms with van der Waals surface area (Å²) in [5.74, 6) is -0.377. The van der Waals surface area contributed by atoms with Gasteiger partial charge in [-0.3, -0.25) is 4.79 Å². The van der Waals surface area contributed by atoms with Crippen LogP contribution in [0.2, 0.25) is 0 Å². The van der Waals surface area contributed by atoms with Crippen molar-refractivity contribution in [3.8, 4) is 0 Å². The van der Waals surface area contributed by atoms with Gasteiger partial charge >= 0.3 is 12.0 Å². The van der Waals surface area contributed by atoms with E-state index < -0.39 is 5.97 Å². The summed E-state index contributed by atoms with van der Waals surface area (Å²) >= 11 is 0. The number of carboxylic acid groups (broad SMARTS) is 1. The van der Waals surface area contributed by atoms with Gasteiger partial charge in [-0.25, -0.2) is 4.79 Å². The van der Waals surface area contributed by atoms with Crippen LogP contribution in [0.3, 0.4) is 0 Å². The standard InChI is InChI=1S/C14H24N2O3/c1-2-8-16(12-4-5-12)14(19)15-9-7-11(10-15)3-6-13(17)18/h11-12H,2-10H2,1H3,(H,17,18). The Morgan fingerprint density at radius 1 is 1.32 bits per heavy atom. The predicted molar refractivity (Wildman–Crippen MR) is 72.0 cm³/mol. The topological polar surface area (TPSA) is 60.9 Å². The average Bonchev–Trinajstić information content (AvgIpc) is 3.10. The zero-order valence-corrected chi connectivity index (χ0v) is 11.7. The molecular formula is C14H24N2O3. The fourth-order valence-corrected chi connectivity index (χ4v) is 2.81. The second-order valence-electron chi connectivity index (χ2n) is 5.74. The summed E-state index contributed by atoms with van der Waals surface area (Å²) in [4.78, 5) is 26.9. The minimum atomic E-state index is -0.740. The zero-order chi connectivity index (χ0) is 13.8. The van der Waals surface area contributed by atoms with E-state index in [0.717, 1.165) is 45.3 Å². The molecule has 1 heterocycles. The summed E-state index contributed by atoms with van der Waals surface area (Å²) in [6.45, 7) is 4.47. The molecule has 1 atom stereocenters. The number of urea groups is 1. The Bertz CT molecular complexity index is 342. The van der Waals surface area contributed by atoms with Crippen LogP contribution in [0.4, 0.5) is 4.79 Å². The highest BCUT2D eigenvalue weighted by Crippen LogP contribution is 2.30. The SMILES string of the molecule is CCCN(C(=O)N1CCC(CCC(=O)O)C1)C1CC1. The lowest BCUT2D eigenvalue weighted by atomic mass is 10.0. The third-order valence-corrected chi connectivity index (χ3v) is 4.02. The minimum absolute atomic E-state index is 0.169. The van der Waals surface area contributed by atoms with Crippen molar-refractivity contribution in [1.29, 1.82) is 0 Å². The molecule has 2 amide bonds. The number of aliphatic carboxylic acids is 1. The van der Waals surface area contributed by atoms with Gasteiger partial charge in [0.1, 0.15) is 0 Å². The van der Waals surface area contributed by atoms with Gasteiger partial charge in [0.15, 0.2) is 0 Å². The average molecular weight is 268 g/mol. The predicted octanol–water partition coefficient (Wildman–Crippen LogP) is 2.17. The van der Waals surface area contributed by atoms with E-state index in [0.29, 0.717) is 18.4 Å². The summed E-state index contributed by atoms with van der Waals surface area (Å²) < 4.78 is 0. The smallest absolute Gasteiger partial charge is 0.320 e. The second kappa shape index (κ2) is 6.26. The van der Waals surface area contributed by atoms with Crippen LogP contribution in [-0.2, 0) is 4.79 Å². The number of nitrogens with zero attached hydrogens (tertiary/aromatic N) is 2. The number of carbonyl (C=O) groups is 2. The third-order valence-electron chi connectivity index (χ3n) is 4.02. The molecule has 0 aromatic rings. The first kappa shape index (κ1) is 14.2. The number of carboxylic acids is 1. The van der Waals surface area contributed by atoms with E-state index in [1.54, 1.807) is 0 Å². The van der Waals surface area contributed by atoms with Gasteiger partial charge < -0.3 is 14.9 Å². The van der Waals surface area contributed by atoms with E-state index in [-0.39, 0.29) is 12.5 Å². The molecule has 0 spiro atoms. The van der Waals surface area contributed by atoms with Gasteiger partial charge in [0.2, 0.25) is 0 Å². The molecular weight excluding hydrogens is 244 g/mol. The summed E-state index contributed by atoms with van der Waals surface area (Å²) in [5, 5.41) is 8.70. The molecule has 1 saturated carbocycles. The van der Waals surface area contributed by atoms with Crippen LogP contribution in [0.1, 0.15) is 45.4 Å². The monoisotopic (exact) mass is 268 g/mol. The number of likely N-dealkylation sites (tertiary alicyclic amines) is 1. The van der Waals surface area contributed by atoms with Crippen molar-refractivity contribution < 1.29 is 14.7 Å². The fraction of sp³-hybridized carbons (Fsp3) is 0.857. The van der Waals surface area contributed by atoms with E-state index in [2.05, 4.69) is 6.92 Å². The zero-order valence-electron chi connectivity index (χ0n) is 11.7. The maximum Gasteiger partial charge on any atom is 0.320 e. The van der Waals surface area contributed by atoms with Crippen LogP contribution in [0.5, 0.6) is 0 Å². The first-order valence-electron chi connectivity index (χ1n) is 7.39. The van der Waals surface area contributed by atoms with Gasteiger partial charge in [0, 0.05) is 32.1 Å². The number of rotatable bonds is 6. The quantitative estimate of drug-likeness (QED) is 0.803. The van der Waals surface area contributed by atoms with Gasteiger partial charge in [-0.2, -0.15) is 0 Å². The highest BCUT2D eigenvalue weighted by atomic mass is 16.4. The summed E-state index contributed by atoms with van der Waals surface area (Å²) in [6, 6.07) is 0.632. The molecule has 1 aliphatic heterocycles. The van der Waals surface area contributed by atoms with Crippen molar-refractivity contribution in [2.24, 2.45) is 5.92 Å². The Hall–Kier alpha value is -1.26. The molecule has 108 valence electrons. The highest BCUT2D eigenvalue weighted by molar-refractivity contribution is 5.75. The number of hydrogen-bond acceptors (Lipinski definition) is 2. The van der Waals surface area contributed by atoms with Crippen molar-refractivity contribution in [3.63, 3.8) is 0 Å². The Morgan fingerprint density at radius 2 is 2.05 bits per heavy atom. The van der Waals surface area contributed by atoms with Gasteiger partial charge in [-0.1, -0.05) is 6.92 Å². The van der Waals surface area contributed by atoms with E-state index in [1.165, 1.54) is 0 Å². The molecule has 1 saturated heterocycles. The second-order valence-corrected chi connectivity index (χ2v) is 5.74. The van der Waals surface area contributed by atoms with Crippen LogP contribution >= 0.6 is 0 Å². The number of carbonyl (C=O) groups excluding carboxylic acids is 1. The molecule has 2 rings (SSSR count). The molecule has 19 heavy (non-hydrogen) atoms. The molecule has 0 aromatic heterocycles. The Balaban J connectivity index is 1.81. The lowest BCUT2D eigenvalue weighted by Gasteiger charge is -2.28. The van der Waals surface area contributed by atoms with Crippen LogP contribution in [0.25, 0.3) is 0 Å². The maximum absolute atomic E-state index is 12.4. The normalized spacial score (nSPS) is 22.6. The fourth-order valence-electron chi connectivity index (χ4n) is 2.81. The van der Waals surface area contributed by atoms with Crippen molar-refractivity contribution in [2.45, 2.75) is 51.5 Å². The molecule has 5 nitrogen and oxygen atoms in total. The molecule has 5 heteroatoms. The van der Waals surface area contributed by atoms with Crippen LogP contribution in [-0.4, -0.2) is 52.6 Å². The molecule has 0 aromatic carbocycles. The van der Waals surface area contributed by atoms with E-state index >= 15 is 0 Å². The molecule has 2 fully saturated rings. The van der Waals surface area contributed by atoms with Gasteiger partial charge in [-0.05, 0) is 38.0 Å². The lowest BCUT2D eigenvalue weighted by Crippen LogP contribution is -2.43. The molecule has 0 bridgehead atoms. The first-order valence-corrected chi connectivity index (χ1v) is 7.39. The molecule has 1 N–H and O–H groups in total. The minimum Gasteiger partial charge on any atom is -0.481 e. The summed E-state index contributed by atoms with van der Waals surface area (Å²) in [6.07, 6.45) is 5.14. The van der Waals surface area contributed by atoms with Gasteiger partial charge in [-0.15, -0.1) is 0 Å². The first-order chi connectivity index (χ1) is 9.11. The third kappa shape index (κ3) is 3.85. The van der Waals surface area contributed by atoms with Crippen LogP contribution in [0, 0.1) is 5.92 Å². The van der Waals surface area contributed by atoms with Crippen LogP contribution < -0.4 is 0 Å². The molecule has 0 radical (unpaired) electrons. The van der Waals surface area contributed by atoms with Crippen molar-refractivity contribution >= 4 is 12.0 Å². The van der Waals surface area contributed by atoms with Crippen LogP contribution in [0.15, 0.2) is 0 Å². The van der Waals surface area contributed by atoms with Crippen molar-refractivity contribution in [1.82, 2.24) is 9.80 Å². The largest absolute Gasteiger partial charge is 0.481 e. The Kier molecular flexibility index (Phi) is 4.66. The Labute approximate surface area is 114 Å².